The summed E-state index contributed by atoms with van der Waals surface area (Å²) in [6, 6.07) is 12.9. The average Bonchev–Trinajstić information content (AvgIpc) is 2.60. The lowest BCUT2D eigenvalue weighted by Crippen LogP contribution is -2.38. The van der Waals surface area contributed by atoms with Crippen LogP contribution in [-0.4, -0.2) is 32.0 Å². The summed E-state index contributed by atoms with van der Waals surface area (Å²) >= 11 is 6.05. The highest BCUT2D eigenvalue weighted by Crippen LogP contribution is 2.31. The van der Waals surface area contributed by atoms with Crippen LogP contribution in [0.5, 0.6) is 5.75 Å². The first-order chi connectivity index (χ1) is 12.4. The topological polar surface area (TPSA) is 58.6 Å². The van der Waals surface area contributed by atoms with Crippen LogP contribution < -0.4 is 15.0 Å². The highest BCUT2D eigenvalue weighted by molar-refractivity contribution is 6.31. The molecule has 0 saturated heterocycles. The molecule has 0 fully saturated rings. The molecule has 0 unspecified atom stereocenters. The van der Waals surface area contributed by atoms with Crippen molar-refractivity contribution in [2.24, 2.45) is 0 Å². The summed E-state index contributed by atoms with van der Waals surface area (Å²) in [4.78, 5) is 25.7. The molecule has 0 aliphatic rings. The summed E-state index contributed by atoms with van der Waals surface area (Å²) < 4.78 is 5.31. The SMILES string of the molecule is COc1ccc(Cl)cc1N(CCNC(=O)Cc1ccc(C)cc1)C(C)=O. The maximum atomic E-state index is 12.1. The van der Waals surface area contributed by atoms with Crippen LogP contribution in [0.1, 0.15) is 18.1 Å². The third kappa shape index (κ3) is 5.49. The molecule has 6 heteroatoms. The number of anilines is 1. The van der Waals surface area contributed by atoms with Gasteiger partial charge in [-0.1, -0.05) is 41.4 Å². The van der Waals surface area contributed by atoms with E-state index in [0.29, 0.717) is 36.0 Å². The maximum absolute atomic E-state index is 12.1. The molecular weight excluding hydrogens is 352 g/mol. The van der Waals surface area contributed by atoms with Gasteiger partial charge in [-0.3, -0.25) is 9.59 Å². The third-order valence-corrected chi connectivity index (χ3v) is 4.19. The average molecular weight is 375 g/mol. The molecule has 2 rings (SSSR count). The first-order valence-electron chi connectivity index (χ1n) is 8.34. The lowest BCUT2D eigenvalue weighted by atomic mass is 10.1. The standard InChI is InChI=1S/C20H23ClN2O3/c1-14-4-6-16(7-5-14)12-20(25)22-10-11-23(15(2)24)18-13-17(21)8-9-19(18)26-3/h4-9,13H,10-12H2,1-3H3,(H,22,25). The molecule has 0 saturated carbocycles. The predicted molar refractivity (Wildman–Crippen MR) is 104 cm³/mol. The molecule has 0 bridgehead atoms. The van der Waals surface area contributed by atoms with Gasteiger partial charge in [0, 0.05) is 25.0 Å². The second kappa shape index (κ2) is 9.25. The number of carbonyl (C=O) groups excluding carboxylic acids is 2. The number of nitrogens with one attached hydrogen (secondary N) is 1. The quantitative estimate of drug-likeness (QED) is 0.808. The molecule has 0 aromatic heterocycles. The number of carbonyl (C=O) groups is 2. The fraction of sp³-hybridized carbons (Fsp3) is 0.300. The Labute approximate surface area is 158 Å². The van der Waals surface area contributed by atoms with E-state index < -0.39 is 0 Å². The van der Waals surface area contributed by atoms with E-state index in [-0.39, 0.29) is 11.8 Å². The largest absolute Gasteiger partial charge is 0.495 e. The van der Waals surface area contributed by atoms with Crippen molar-refractivity contribution in [1.29, 1.82) is 0 Å². The van der Waals surface area contributed by atoms with E-state index in [1.165, 1.54) is 18.9 Å². The lowest BCUT2D eigenvalue weighted by molar-refractivity contribution is -0.121. The minimum Gasteiger partial charge on any atom is -0.495 e. The van der Waals surface area contributed by atoms with E-state index in [4.69, 9.17) is 16.3 Å². The molecule has 2 aromatic carbocycles. The Hall–Kier alpha value is -2.53. The van der Waals surface area contributed by atoms with Crippen LogP contribution in [-0.2, 0) is 16.0 Å². The number of aryl methyl sites for hydroxylation is 1. The molecule has 0 spiro atoms. The highest BCUT2D eigenvalue weighted by atomic mass is 35.5. The van der Waals surface area contributed by atoms with Crippen molar-refractivity contribution in [2.75, 3.05) is 25.1 Å². The Morgan fingerprint density at radius 2 is 1.85 bits per heavy atom. The third-order valence-electron chi connectivity index (χ3n) is 3.95. The summed E-state index contributed by atoms with van der Waals surface area (Å²) in [6.07, 6.45) is 0.306. The summed E-state index contributed by atoms with van der Waals surface area (Å²) in [7, 11) is 1.54. The molecule has 0 heterocycles. The number of halogens is 1. The van der Waals surface area contributed by atoms with Gasteiger partial charge >= 0.3 is 0 Å². The van der Waals surface area contributed by atoms with Gasteiger partial charge < -0.3 is 15.0 Å². The van der Waals surface area contributed by atoms with Crippen molar-refractivity contribution in [1.82, 2.24) is 5.32 Å². The van der Waals surface area contributed by atoms with E-state index in [9.17, 15) is 9.59 Å². The molecule has 26 heavy (non-hydrogen) atoms. The number of hydrogen-bond donors (Lipinski definition) is 1. The van der Waals surface area contributed by atoms with E-state index >= 15 is 0 Å². The second-order valence-electron chi connectivity index (χ2n) is 6.00. The fourth-order valence-corrected chi connectivity index (χ4v) is 2.75. The van der Waals surface area contributed by atoms with Crippen LogP contribution >= 0.6 is 11.6 Å². The van der Waals surface area contributed by atoms with Crippen LogP contribution in [0.25, 0.3) is 0 Å². The summed E-state index contributed by atoms with van der Waals surface area (Å²) in [5.74, 6) is 0.310. The van der Waals surface area contributed by atoms with Crippen molar-refractivity contribution in [3.8, 4) is 5.75 Å². The number of hydrogen-bond acceptors (Lipinski definition) is 3. The van der Waals surface area contributed by atoms with E-state index in [1.807, 2.05) is 31.2 Å². The highest BCUT2D eigenvalue weighted by Gasteiger charge is 2.17. The minimum atomic E-state index is -0.154. The van der Waals surface area contributed by atoms with Gasteiger partial charge in [0.15, 0.2) is 0 Å². The molecule has 2 amide bonds. The first-order valence-corrected chi connectivity index (χ1v) is 8.72. The number of benzene rings is 2. The fourth-order valence-electron chi connectivity index (χ4n) is 2.58. The zero-order valence-electron chi connectivity index (χ0n) is 15.2. The number of rotatable bonds is 7. The summed E-state index contributed by atoms with van der Waals surface area (Å²) in [5.41, 5.74) is 2.69. The molecule has 0 aliphatic heterocycles. The molecule has 138 valence electrons. The molecular formula is C20H23ClN2O3. The van der Waals surface area contributed by atoms with Crippen LogP contribution in [0.2, 0.25) is 5.02 Å². The normalized spacial score (nSPS) is 10.3. The molecule has 0 aliphatic carbocycles. The Bertz CT molecular complexity index is 775. The van der Waals surface area contributed by atoms with Gasteiger partial charge in [0.05, 0.1) is 19.2 Å². The Balaban J connectivity index is 1.97. The van der Waals surface area contributed by atoms with Gasteiger partial charge in [-0.15, -0.1) is 0 Å². The number of amides is 2. The molecule has 1 N–H and O–H groups in total. The Kier molecular flexibility index (Phi) is 7.04. The molecule has 5 nitrogen and oxygen atoms in total. The van der Waals surface area contributed by atoms with Crippen molar-refractivity contribution in [2.45, 2.75) is 20.3 Å². The zero-order chi connectivity index (χ0) is 19.1. The monoisotopic (exact) mass is 374 g/mol. The van der Waals surface area contributed by atoms with Gasteiger partial charge in [0.2, 0.25) is 11.8 Å². The first kappa shape index (κ1) is 19.8. The van der Waals surface area contributed by atoms with Crippen molar-refractivity contribution < 1.29 is 14.3 Å². The van der Waals surface area contributed by atoms with E-state index in [0.717, 1.165) is 11.1 Å². The van der Waals surface area contributed by atoms with Crippen molar-refractivity contribution >= 4 is 29.1 Å². The van der Waals surface area contributed by atoms with Gasteiger partial charge in [-0.2, -0.15) is 0 Å². The minimum absolute atomic E-state index is 0.0876. The van der Waals surface area contributed by atoms with Gasteiger partial charge in [-0.25, -0.2) is 0 Å². The maximum Gasteiger partial charge on any atom is 0.224 e. The van der Waals surface area contributed by atoms with Crippen LogP contribution in [0.15, 0.2) is 42.5 Å². The summed E-state index contributed by atoms with van der Waals surface area (Å²) in [6.45, 7) is 4.13. The predicted octanol–water partition coefficient (Wildman–Crippen LogP) is 3.37. The van der Waals surface area contributed by atoms with Crippen molar-refractivity contribution in [3.05, 3.63) is 58.6 Å². The van der Waals surface area contributed by atoms with Crippen LogP contribution in [0, 0.1) is 6.92 Å². The van der Waals surface area contributed by atoms with Gasteiger partial charge in [-0.05, 0) is 30.7 Å². The summed E-state index contributed by atoms with van der Waals surface area (Å²) in [5, 5.41) is 3.36. The molecule has 2 aromatic rings. The number of ether oxygens (including phenoxy) is 1. The number of nitrogens with zero attached hydrogens (tertiary/aromatic N) is 1. The van der Waals surface area contributed by atoms with Gasteiger partial charge in [0.1, 0.15) is 5.75 Å². The Morgan fingerprint density at radius 1 is 1.15 bits per heavy atom. The van der Waals surface area contributed by atoms with Crippen molar-refractivity contribution in [3.63, 3.8) is 0 Å². The van der Waals surface area contributed by atoms with Crippen LogP contribution in [0.3, 0.4) is 0 Å². The Morgan fingerprint density at radius 3 is 2.46 bits per heavy atom. The zero-order valence-corrected chi connectivity index (χ0v) is 16.0. The smallest absolute Gasteiger partial charge is 0.224 e. The van der Waals surface area contributed by atoms with E-state index in [2.05, 4.69) is 5.32 Å². The van der Waals surface area contributed by atoms with E-state index in [1.54, 1.807) is 18.2 Å². The van der Waals surface area contributed by atoms with Gasteiger partial charge in [0.25, 0.3) is 0 Å². The lowest BCUT2D eigenvalue weighted by Gasteiger charge is -2.23. The molecule has 0 radical (unpaired) electrons. The van der Waals surface area contributed by atoms with Crippen LogP contribution in [0.4, 0.5) is 5.69 Å². The number of methoxy groups -OCH3 is 1. The second-order valence-corrected chi connectivity index (χ2v) is 6.44. The molecule has 0 atom stereocenters.